The Morgan fingerprint density at radius 1 is 1.30 bits per heavy atom. The van der Waals surface area contributed by atoms with Crippen LogP contribution in [0.5, 0.6) is 5.75 Å². The molecule has 0 radical (unpaired) electrons. The number of ether oxygens (including phenoxy) is 1. The molecule has 1 aromatic rings. The second kappa shape index (κ2) is 9.14. The van der Waals surface area contributed by atoms with E-state index >= 15 is 0 Å². The first-order valence-electron chi connectivity index (χ1n) is 8.47. The number of carbonyl (C=O) groups is 1. The molecule has 4 nitrogen and oxygen atoms in total. The Morgan fingerprint density at radius 3 is 2.57 bits per heavy atom. The molecule has 1 aliphatic carbocycles. The van der Waals surface area contributed by atoms with E-state index in [1.807, 2.05) is 12.1 Å². The fourth-order valence-electron chi connectivity index (χ4n) is 3.08. The first-order chi connectivity index (χ1) is 11.1. The largest absolute Gasteiger partial charge is 0.492 e. The predicted octanol–water partition coefficient (Wildman–Crippen LogP) is 3.49. The van der Waals surface area contributed by atoms with Crippen molar-refractivity contribution in [3.63, 3.8) is 0 Å². The molecule has 2 rings (SSSR count). The van der Waals surface area contributed by atoms with Crippen LogP contribution in [-0.4, -0.2) is 42.6 Å². The molecule has 128 valence electrons. The van der Waals surface area contributed by atoms with Gasteiger partial charge in [0.1, 0.15) is 12.4 Å². The summed E-state index contributed by atoms with van der Waals surface area (Å²) in [5.41, 5.74) is 0. The first-order valence-corrected chi connectivity index (χ1v) is 8.85. The highest BCUT2D eigenvalue weighted by atomic mass is 35.5. The summed E-state index contributed by atoms with van der Waals surface area (Å²) in [6.45, 7) is 5.77. The summed E-state index contributed by atoms with van der Waals surface area (Å²) >= 11 is 5.83. The molecule has 23 heavy (non-hydrogen) atoms. The van der Waals surface area contributed by atoms with E-state index in [1.165, 1.54) is 25.7 Å². The van der Waals surface area contributed by atoms with Crippen molar-refractivity contribution in [1.82, 2.24) is 10.2 Å². The number of hydrogen-bond acceptors (Lipinski definition) is 3. The monoisotopic (exact) mass is 338 g/mol. The third-order valence-corrected chi connectivity index (χ3v) is 4.54. The van der Waals surface area contributed by atoms with E-state index in [0.717, 1.165) is 5.75 Å². The molecule has 0 unspecified atom stereocenters. The van der Waals surface area contributed by atoms with Crippen LogP contribution < -0.4 is 10.1 Å². The van der Waals surface area contributed by atoms with Crippen molar-refractivity contribution in [3.8, 4) is 5.75 Å². The van der Waals surface area contributed by atoms with Crippen LogP contribution in [0, 0.1) is 0 Å². The Kier molecular flexibility index (Phi) is 7.18. The van der Waals surface area contributed by atoms with E-state index in [0.29, 0.717) is 36.8 Å². The van der Waals surface area contributed by atoms with E-state index < -0.39 is 0 Å². The molecule has 0 aromatic heterocycles. The topological polar surface area (TPSA) is 41.6 Å². The molecular formula is C18H27ClN2O2. The molecule has 1 amide bonds. The van der Waals surface area contributed by atoms with Gasteiger partial charge >= 0.3 is 0 Å². The van der Waals surface area contributed by atoms with Gasteiger partial charge in [0.25, 0.3) is 0 Å². The average Bonchev–Trinajstić information content (AvgIpc) is 3.04. The lowest BCUT2D eigenvalue weighted by Crippen LogP contribution is -2.46. The first kappa shape index (κ1) is 18.1. The number of hydrogen-bond donors (Lipinski definition) is 1. The Hall–Kier alpha value is -1.26. The van der Waals surface area contributed by atoms with Gasteiger partial charge in [-0.1, -0.05) is 24.4 Å². The van der Waals surface area contributed by atoms with Crippen molar-refractivity contribution in [2.75, 3.05) is 19.7 Å². The molecule has 0 heterocycles. The third kappa shape index (κ3) is 6.04. The average molecular weight is 339 g/mol. The van der Waals surface area contributed by atoms with Gasteiger partial charge in [-0.05, 0) is 51.0 Å². The molecule has 0 bridgehead atoms. The summed E-state index contributed by atoms with van der Waals surface area (Å²) in [5.74, 6) is 0.837. The summed E-state index contributed by atoms with van der Waals surface area (Å²) in [5, 5.41) is 3.63. The van der Waals surface area contributed by atoms with Gasteiger partial charge in [-0.3, -0.25) is 9.69 Å². The van der Waals surface area contributed by atoms with E-state index in [1.54, 1.807) is 12.1 Å². The molecule has 1 N–H and O–H groups in total. The van der Waals surface area contributed by atoms with Crippen molar-refractivity contribution >= 4 is 17.5 Å². The van der Waals surface area contributed by atoms with Crippen LogP contribution in [0.1, 0.15) is 39.5 Å². The van der Waals surface area contributed by atoms with Crippen molar-refractivity contribution < 1.29 is 9.53 Å². The number of halogens is 1. The molecule has 5 heteroatoms. The predicted molar refractivity (Wildman–Crippen MR) is 94.1 cm³/mol. The molecule has 0 aliphatic heterocycles. The Morgan fingerprint density at radius 2 is 1.96 bits per heavy atom. The maximum absolute atomic E-state index is 12.1. The number of carbonyl (C=O) groups excluding carboxylic acids is 1. The quantitative estimate of drug-likeness (QED) is 0.738. The normalized spacial score (nSPS) is 15.3. The minimum atomic E-state index is 0.0744. The van der Waals surface area contributed by atoms with E-state index in [2.05, 4.69) is 24.1 Å². The van der Waals surface area contributed by atoms with Gasteiger partial charge in [0, 0.05) is 17.1 Å². The van der Waals surface area contributed by atoms with Gasteiger partial charge in [0.2, 0.25) is 5.91 Å². The van der Waals surface area contributed by atoms with Gasteiger partial charge in [-0.2, -0.15) is 0 Å². The fraction of sp³-hybridized carbons (Fsp3) is 0.611. The highest BCUT2D eigenvalue weighted by Gasteiger charge is 2.26. The van der Waals surface area contributed by atoms with Crippen molar-refractivity contribution in [2.45, 2.75) is 51.6 Å². The maximum Gasteiger partial charge on any atom is 0.234 e. The number of amides is 1. The van der Waals surface area contributed by atoms with Crippen LogP contribution >= 0.6 is 11.6 Å². The van der Waals surface area contributed by atoms with E-state index in [-0.39, 0.29) is 5.91 Å². The number of nitrogens with zero attached hydrogens (tertiary/aromatic N) is 1. The summed E-state index contributed by atoms with van der Waals surface area (Å²) in [7, 11) is 0. The van der Waals surface area contributed by atoms with Crippen LogP contribution in [-0.2, 0) is 4.79 Å². The molecule has 0 saturated heterocycles. The van der Waals surface area contributed by atoms with Crippen molar-refractivity contribution in [3.05, 3.63) is 29.3 Å². The lowest BCUT2D eigenvalue weighted by molar-refractivity contribution is -0.123. The molecule has 0 spiro atoms. The zero-order chi connectivity index (χ0) is 16.7. The summed E-state index contributed by atoms with van der Waals surface area (Å²) < 4.78 is 5.58. The molecular weight excluding hydrogens is 312 g/mol. The number of rotatable bonds is 8. The third-order valence-electron chi connectivity index (χ3n) is 4.29. The number of nitrogens with one attached hydrogen (secondary N) is 1. The molecule has 1 aliphatic rings. The second-order valence-electron chi connectivity index (χ2n) is 6.36. The van der Waals surface area contributed by atoms with Gasteiger partial charge < -0.3 is 10.1 Å². The van der Waals surface area contributed by atoms with Crippen LogP contribution in [0.3, 0.4) is 0 Å². The molecule has 1 aromatic carbocycles. The van der Waals surface area contributed by atoms with Gasteiger partial charge in [-0.15, -0.1) is 0 Å². The Bertz CT molecular complexity index is 484. The zero-order valence-corrected chi connectivity index (χ0v) is 14.8. The van der Waals surface area contributed by atoms with E-state index in [4.69, 9.17) is 16.3 Å². The van der Waals surface area contributed by atoms with Crippen LogP contribution in [0.15, 0.2) is 24.3 Å². The fourth-order valence-corrected chi connectivity index (χ4v) is 3.21. The van der Waals surface area contributed by atoms with Gasteiger partial charge in [0.15, 0.2) is 0 Å². The van der Waals surface area contributed by atoms with Crippen molar-refractivity contribution in [2.24, 2.45) is 0 Å². The van der Waals surface area contributed by atoms with Crippen LogP contribution in [0.2, 0.25) is 5.02 Å². The Balaban J connectivity index is 1.68. The van der Waals surface area contributed by atoms with Gasteiger partial charge in [-0.25, -0.2) is 0 Å². The molecule has 1 fully saturated rings. The lowest BCUT2D eigenvalue weighted by Gasteiger charge is -2.31. The minimum Gasteiger partial charge on any atom is -0.492 e. The molecule has 0 atom stereocenters. The van der Waals surface area contributed by atoms with Crippen LogP contribution in [0.25, 0.3) is 0 Å². The van der Waals surface area contributed by atoms with E-state index in [9.17, 15) is 4.79 Å². The van der Waals surface area contributed by atoms with Crippen LogP contribution in [0.4, 0.5) is 0 Å². The number of benzene rings is 1. The summed E-state index contributed by atoms with van der Waals surface area (Å²) in [6.07, 6.45) is 4.99. The minimum absolute atomic E-state index is 0.0744. The van der Waals surface area contributed by atoms with Gasteiger partial charge in [0.05, 0.1) is 13.1 Å². The SMILES string of the molecule is CC(C)N(CC(=O)NCCOc1ccc(Cl)cc1)C1CCCC1. The highest BCUT2D eigenvalue weighted by molar-refractivity contribution is 6.30. The lowest BCUT2D eigenvalue weighted by atomic mass is 10.1. The van der Waals surface area contributed by atoms with Crippen molar-refractivity contribution in [1.29, 1.82) is 0 Å². The maximum atomic E-state index is 12.1. The zero-order valence-electron chi connectivity index (χ0n) is 14.1. The summed E-state index contributed by atoms with van der Waals surface area (Å²) in [6, 6.07) is 8.19. The summed E-state index contributed by atoms with van der Waals surface area (Å²) in [4.78, 5) is 14.5. The standard InChI is InChI=1S/C18H27ClN2O2/c1-14(2)21(16-5-3-4-6-16)13-18(22)20-11-12-23-17-9-7-15(19)8-10-17/h7-10,14,16H,3-6,11-13H2,1-2H3,(H,20,22). The second-order valence-corrected chi connectivity index (χ2v) is 6.79. The highest BCUT2D eigenvalue weighted by Crippen LogP contribution is 2.24. The Labute approximate surface area is 144 Å². The molecule has 1 saturated carbocycles. The smallest absolute Gasteiger partial charge is 0.234 e.